The Labute approximate surface area is 88.1 Å². The summed E-state index contributed by atoms with van der Waals surface area (Å²) >= 11 is 0.930. The number of thioether (sulfide) groups is 1. The summed E-state index contributed by atoms with van der Waals surface area (Å²) in [6.07, 6.45) is -3.02. The molecule has 6 heteroatoms. The van der Waals surface area contributed by atoms with Crippen molar-refractivity contribution in [2.75, 3.05) is 6.26 Å². The summed E-state index contributed by atoms with van der Waals surface area (Å²) < 4.78 is 37.4. The van der Waals surface area contributed by atoms with Crippen LogP contribution in [0.5, 0.6) is 0 Å². The molecule has 0 aliphatic rings. The molecule has 0 saturated carbocycles. The van der Waals surface area contributed by atoms with E-state index < -0.39 is 17.7 Å². The lowest BCUT2D eigenvalue weighted by atomic mass is 10.1. The molecule has 82 valence electrons. The molecule has 2 nitrogen and oxygen atoms in total. The van der Waals surface area contributed by atoms with Gasteiger partial charge in [0.1, 0.15) is 0 Å². The first-order chi connectivity index (χ1) is 6.86. The van der Waals surface area contributed by atoms with Crippen LogP contribution in [0.3, 0.4) is 0 Å². The van der Waals surface area contributed by atoms with Gasteiger partial charge >= 0.3 is 12.1 Å². The zero-order valence-corrected chi connectivity index (χ0v) is 8.45. The largest absolute Gasteiger partial charge is 0.478 e. The Morgan fingerprint density at radius 1 is 1.40 bits per heavy atom. The van der Waals surface area contributed by atoms with Gasteiger partial charge in [0.05, 0.1) is 11.1 Å². The lowest BCUT2D eigenvalue weighted by Gasteiger charge is -2.11. The number of aromatic carboxylic acids is 1. The second-order valence-corrected chi connectivity index (χ2v) is 3.57. The van der Waals surface area contributed by atoms with E-state index in [2.05, 4.69) is 0 Å². The predicted molar refractivity (Wildman–Crippen MR) is 50.2 cm³/mol. The van der Waals surface area contributed by atoms with Crippen LogP contribution >= 0.6 is 11.8 Å². The number of rotatable bonds is 2. The first kappa shape index (κ1) is 11.9. The number of carboxylic acids is 1. The van der Waals surface area contributed by atoms with Gasteiger partial charge in [-0.3, -0.25) is 0 Å². The van der Waals surface area contributed by atoms with Crippen LogP contribution in [0, 0.1) is 0 Å². The fraction of sp³-hybridized carbons (Fsp3) is 0.222. The highest BCUT2D eigenvalue weighted by Crippen LogP contribution is 2.36. The van der Waals surface area contributed by atoms with Gasteiger partial charge in [-0.25, -0.2) is 4.79 Å². The van der Waals surface area contributed by atoms with Crippen molar-refractivity contribution in [1.82, 2.24) is 0 Å². The molecular formula is C9H7F3O2S. The Bertz CT molecular complexity index is 387. The highest BCUT2D eigenvalue weighted by atomic mass is 32.2. The van der Waals surface area contributed by atoms with Gasteiger partial charge in [-0.05, 0) is 24.5 Å². The molecule has 0 atom stereocenters. The molecule has 0 unspecified atom stereocenters. The van der Waals surface area contributed by atoms with Crippen molar-refractivity contribution in [1.29, 1.82) is 0 Å². The predicted octanol–water partition coefficient (Wildman–Crippen LogP) is 3.13. The number of benzene rings is 1. The molecule has 15 heavy (non-hydrogen) atoms. The van der Waals surface area contributed by atoms with E-state index in [9.17, 15) is 18.0 Å². The van der Waals surface area contributed by atoms with Crippen LogP contribution < -0.4 is 0 Å². The number of halogens is 3. The van der Waals surface area contributed by atoms with Crippen molar-refractivity contribution >= 4 is 17.7 Å². The number of carboxylic acid groups (broad SMARTS) is 1. The molecule has 0 fully saturated rings. The molecule has 0 aromatic heterocycles. The van der Waals surface area contributed by atoms with E-state index in [1.807, 2.05) is 0 Å². The van der Waals surface area contributed by atoms with Gasteiger partial charge in [-0.1, -0.05) is 0 Å². The van der Waals surface area contributed by atoms with Crippen LogP contribution in [0.25, 0.3) is 0 Å². The molecule has 1 aromatic rings. The van der Waals surface area contributed by atoms with Crippen LogP contribution in [0.2, 0.25) is 0 Å². The van der Waals surface area contributed by atoms with Crippen LogP contribution in [-0.2, 0) is 6.18 Å². The van der Waals surface area contributed by atoms with Crippen LogP contribution in [0.15, 0.2) is 23.1 Å². The van der Waals surface area contributed by atoms with Gasteiger partial charge in [0.2, 0.25) is 0 Å². The quantitative estimate of drug-likeness (QED) is 0.801. The summed E-state index contributed by atoms with van der Waals surface area (Å²) in [6, 6.07) is 2.97. The van der Waals surface area contributed by atoms with E-state index >= 15 is 0 Å². The van der Waals surface area contributed by atoms with Crippen LogP contribution in [0.1, 0.15) is 15.9 Å². The van der Waals surface area contributed by atoms with E-state index in [4.69, 9.17) is 5.11 Å². The van der Waals surface area contributed by atoms with Gasteiger partial charge < -0.3 is 5.11 Å². The van der Waals surface area contributed by atoms with E-state index in [0.29, 0.717) is 6.07 Å². The van der Waals surface area contributed by atoms with E-state index in [-0.39, 0.29) is 10.5 Å². The summed E-state index contributed by atoms with van der Waals surface area (Å²) in [4.78, 5) is 10.5. The van der Waals surface area contributed by atoms with Crippen molar-refractivity contribution in [2.45, 2.75) is 11.1 Å². The maximum atomic E-state index is 12.5. The van der Waals surface area contributed by atoms with Gasteiger partial charge in [0.25, 0.3) is 0 Å². The molecule has 0 bridgehead atoms. The summed E-state index contributed by atoms with van der Waals surface area (Å²) in [5, 5.41) is 8.56. The lowest BCUT2D eigenvalue weighted by Crippen LogP contribution is -2.09. The molecule has 0 radical (unpaired) electrons. The maximum Gasteiger partial charge on any atom is 0.417 e. The molecule has 1 aromatic carbocycles. The lowest BCUT2D eigenvalue weighted by molar-refractivity contribution is -0.139. The summed E-state index contributed by atoms with van der Waals surface area (Å²) in [5.41, 5.74) is -1.27. The normalized spacial score (nSPS) is 11.5. The van der Waals surface area contributed by atoms with Crippen molar-refractivity contribution < 1.29 is 23.1 Å². The van der Waals surface area contributed by atoms with Crippen molar-refractivity contribution in [3.05, 3.63) is 29.3 Å². The molecule has 0 aliphatic heterocycles. The minimum atomic E-state index is -4.52. The number of alkyl halides is 3. The van der Waals surface area contributed by atoms with Gasteiger partial charge in [-0.15, -0.1) is 11.8 Å². The highest BCUT2D eigenvalue weighted by Gasteiger charge is 2.33. The Morgan fingerprint density at radius 2 is 2.00 bits per heavy atom. The Kier molecular flexibility index (Phi) is 3.28. The minimum Gasteiger partial charge on any atom is -0.478 e. The number of hydrogen-bond donors (Lipinski definition) is 1. The molecule has 1 N–H and O–H groups in total. The Morgan fingerprint density at radius 3 is 2.40 bits per heavy atom. The first-order valence-corrected chi connectivity index (χ1v) is 5.07. The third-order valence-electron chi connectivity index (χ3n) is 1.75. The standard InChI is InChI=1S/C9H7F3O2S/c1-15-7-3-2-5(8(13)14)4-6(7)9(10,11)12/h2-4H,1H3,(H,13,14). The smallest absolute Gasteiger partial charge is 0.417 e. The maximum absolute atomic E-state index is 12.5. The average Bonchev–Trinajstić information content (AvgIpc) is 2.15. The monoisotopic (exact) mass is 236 g/mol. The first-order valence-electron chi connectivity index (χ1n) is 3.85. The Balaban J connectivity index is 3.32. The molecule has 0 amide bonds. The molecule has 0 heterocycles. The van der Waals surface area contributed by atoms with Gasteiger partial charge in [-0.2, -0.15) is 13.2 Å². The highest BCUT2D eigenvalue weighted by molar-refractivity contribution is 7.98. The SMILES string of the molecule is CSc1ccc(C(=O)O)cc1C(F)(F)F. The zero-order valence-electron chi connectivity index (χ0n) is 7.63. The molecule has 0 saturated heterocycles. The molecular weight excluding hydrogens is 229 g/mol. The van der Waals surface area contributed by atoms with E-state index in [1.165, 1.54) is 6.26 Å². The second-order valence-electron chi connectivity index (χ2n) is 2.72. The van der Waals surface area contributed by atoms with Crippen molar-refractivity contribution in [3.8, 4) is 0 Å². The Hall–Kier alpha value is -1.17. The number of carbonyl (C=O) groups is 1. The third kappa shape index (κ3) is 2.65. The van der Waals surface area contributed by atoms with Gasteiger partial charge in [0.15, 0.2) is 0 Å². The summed E-state index contributed by atoms with van der Waals surface area (Å²) in [5.74, 6) is -1.37. The van der Waals surface area contributed by atoms with Crippen molar-refractivity contribution in [3.63, 3.8) is 0 Å². The second kappa shape index (κ2) is 4.14. The number of hydrogen-bond acceptors (Lipinski definition) is 2. The van der Waals surface area contributed by atoms with Gasteiger partial charge in [0, 0.05) is 4.90 Å². The topological polar surface area (TPSA) is 37.3 Å². The minimum absolute atomic E-state index is 0.0208. The van der Waals surface area contributed by atoms with Crippen molar-refractivity contribution in [2.24, 2.45) is 0 Å². The molecule has 1 rings (SSSR count). The fourth-order valence-electron chi connectivity index (χ4n) is 1.06. The van der Waals surface area contributed by atoms with E-state index in [1.54, 1.807) is 0 Å². The average molecular weight is 236 g/mol. The summed E-state index contributed by atoms with van der Waals surface area (Å²) in [7, 11) is 0. The van der Waals surface area contributed by atoms with Crippen LogP contribution in [0.4, 0.5) is 13.2 Å². The zero-order chi connectivity index (χ0) is 11.6. The summed E-state index contributed by atoms with van der Waals surface area (Å²) in [6.45, 7) is 0. The van der Waals surface area contributed by atoms with E-state index in [0.717, 1.165) is 23.9 Å². The molecule has 0 spiro atoms. The fourth-order valence-corrected chi connectivity index (χ4v) is 1.66. The third-order valence-corrected chi connectivity index (χ3v) is 2.55. The van der Waals surface area contributed by atoms with Crippen LogP contribution in [-0.4, -0.2) is 17.3 Å². The molecule has 0 aliphatic carbocycles.